The van der Waals surface area contributed by atoms with Crippen molar-refractivity contribution in [1.82, 2.24) is 4.98 Å². The molecular weight excluding hydrogens is 484 g/mol. The number of thiazole rings is 1. The van der Waals surface area contributed by atoms with E-state index in [0.29, 0.717) is 18.1 Å². The molecule has 2 amide bonds. The largest absolute Gasteiger partial charge is 0.366 e. The predicted molar refractivity (Wildman–Crippen MR) is 139 cm³/mol. The van der Waals surface area contributed by atoms with Gasteiger partial charge in [0.1, 0.15) is 6.54 Å². The van der Waals surface area contributed by atoms with E-state index in [0.717, 1.165) is 9.87 Å². The van der Waals surface area contributed by atoms with Crippen LogP contribution in [-0.2, 0) is 20.2 Å². The van der Waals surface area contributed by atoms with E-state index in [1.54, 1.807) is 35.8 Å². The smallest absolute Gasteiger partial charge is 0.264 e. The van der Waals surface area contributed by atoms with E-state index in [1.807, 2.05) is 27.7 Å². The van der Waals surface area contributed by atoms with Crippen molar-refractivity contribution < 1.29 is 18.0 Å². The maximum Gasteiger partial charge on any atom is 0.264 e. The lowest BCUT2D eigenvalue weighted by Crippen LogP contribution is -2.44. The standard InChI is InChI=1S/C25H30N4O4S2/c1-5-15-28(24-27-14-16-34-24)22(30)17-29(21-9-7-6-8-20(21)23(26)31)35(32,33)19-12-10-18(11-13-19)25(2,3)4/h6-14,16H,5,15,17H2,1-4H3,(H2,26,31). The molecule has 186 valence electrons. The van der Waals surface area contributed by atoms with Crippen LogP contribution in [0.2, 0.25) is 0 Å². The summed E-state index contributed by atoms with van der Waals surface area (Å²) in [4.78, 5) is 31.3. The second-order valence-electron chi connectivity index (χ2n) is 9.03. The van der Waals surface area contributed by atoms with E-state index in [9.17, 15) is 18.0 Å². The highest BCUT2D eigenvalue weighted by Crippen LogP contribution is 2.30. The second kappa shape index (κ2) is 10.6. The topological polar surface area (TPSA) is 114 Å². The van der Waals surface area contributed by atoms with Crippen LogP contribution in [0.15, 0.2) is 65.0 Å². The second-order valence-corrected chi connectivity index (χ2v) is 11.8. The number of benzene rings is 2. The summed E-state index contributed by atoms with van der Waals surface area (Å²) in [6.45, 7) is 7.87. The number of para-hydroxylation sites is 1. The van der Waals surface area contributed by atoms with Gasteiger partial charge >= 0.3 is 0 Å². The van der Waals surface area contributed by atoms with Gasteiger partial charge in [-0.15, -0.1) is 11.3 Å². The third kappa shape index (κ3) is 5.88. The third-order valence-corrected chi connectivity index (χ3v) is 7.99. The summed E-state index contributed by atoms with van der Waals surface area (Å²) in [5.74, 6) is -1.25. The molecule has 0 spiro atoms. The Morgan fingerprint density at radius 1 is 1.06 bits per heavy atom. The molecule has 0 saturated heterocycles. The predicted octanol–water partition coefficient (Wildman–Crippen LogP) is 4.18. The Morgan fingerprint density at radius 3 is 2.26 bits per heavy atom. The first kappa shape index (κ1) is 26.4. The molecule has 8 nitrogen and oxygen atoms in total. The maximum absolute atomic E-state index is 13.9. The van der Waals surface area contributed by atoms with Crippen molar-refractivity contribution in [3.63, 3.8) is 0 Å². The molecule has 0 radical (unpaired) electrons. The van der Waals surface area contributed by atoms with Crippen molar-refractivity contribution >= 4 is 44.0 Å². The van der Waals surface area contributed by atoms with Crippen molar-refractivity contribution in [3.05, 3.63) is 71.2 Å². The molecule has 3 rings (SSSR count). The number of hydrogen-bond donors (Lipinski definition) is 1. The van der Waals surface area contributed by atoms with Crippen LogP contribution in [0.5, 0.6) is 0 Å². The highest BCUT2D eigenvalue weighted by atomic mass is 32.2. The van der Waals surface area contributed by atoms with Gasteiger partial charge in [-0.2, -0.15) is 0 Å². The lowest BCUT2D eigenvalue weighted by molar-refractivity contribution is -0.117. The van der Waals surface area contributed by atoms with E-state index < -0.39 is 28.4 Å². The normalized spacial score (nSPS) is 11.8. The number of nitrogens with zero attached hydrogens (tertiary/aromatic N) is 3. The van der Waals surface area contributed by atoms with Crippen LogP contribution in [0.4, 0.5) is 10.8 Å². The number of anilines is 2. The van der Waals surface area contributed by atoms with Gasteiger partial charge in [-0.05, 0) is 41.7 Å². The van der Waals surface area contributed by atoms with E-state index in [4.69, 9.17) is 5.73 Å². The molecule has 0 saturated carbocycles. The van der Waals surface area contributed by atoms with Crippen molar-refractivity contribution in [2.45, 2.75) is 44.4 Å². The molecule has 0 atom stereocenters. The van der Waals surface area contributed by atoms with Crippen LogP contribution >= 0.6 is 11.3 Å². The van der Waals surface area contributed by atoms with Crippen molar-refractivity contribution in [1.29, 1.82) is 0 Å². The zero-order valence-corrected chi connectivity index (χ0v) is 21.9. The van der Waals surface area contributed by atoms with E-state index in [-0.39, 0.29) is 21.6 Å². The summed E-state index contributed by atoms with van der Waals surface area (Å²) in [6.07, 6.45) is 2.24. The summed E-state index contributed by atoms with van der Waals surface area (Å²) >= 11 is 1.29. The summed E-state index contributed by atoms with van der Waals surface area (Å²) in [7, 11) is -4.22. The van der Waals surface area contributed by atoms with E-state index >= 15 is 0 Å². The third-order valence-electron chi connectivity index (χ3n) is 5.42. The van der Waals surface area contributed by atoms with Crippen LogP contribution in [0, 0.1) is 0 Å². The number of aromatic nitrogens is 1. The summed E-state index contributed by atoms with van der Waals surface area (Å²) in [5.41, 5.74) is 6.41. The van der Waals surface area contributed by atoms with Crippen molar-refractivity contribution in [2.24, 2.45) is 5.73 Å². The molecule has 35 heavy (non-hydrogen) atoms. The van der Waals surface area contributed by atoms with Crippen molar-refractivity contribution in [2.75, 3.05) is 22.3 Å². The summed E-state index contributed by atoms with van der Waals surface area (Å²) in [6, 6.07) is 12.7. The molecule has 2 aromatic carbocycles. The molecular formula is C25H30N4O4S2. The van der Waals surface area contributed by atoms with Gasteiger partial charge in [-0.1, -0.05) is 52.0 Å². The van der Waals surface area contributed by atoms with E-state index in [2.05, 4.69) is 4.98 Å². The number of hydrogen-bond acceptors (Lipinski definition) is 6. The average Bonchev–Trinajstić information content (AvgIpc) is 3.34. The van der Waals surface area contributed by atoms with Gasteiger partial charge in [0.15, 0.2) is 5.13 Å². The Hall–Kier alpha value is -3.24. The molecule has 2 N–H and O–H groups in total. The highest BCUT2D eigenvalue weighted by molar-refractivity contribution is 7.92. The zero-order chi connectivity index (χ0) is 25.8. The first-order valence-electron chi connectivity index (χ1n) is 11.2. The molecule has 1 aromatic heterocycles. The fourth-order valence-electron chi connectivity index (χ4n) is 3.56. The van der Waals surface area contributed by atoms with Gasteiger partial charge in [0.05, 0.1) is 16.1 Å². The molecule has 0 bridgehead atoms. The molecule has 0 aliphatic rings. The Kier molecular flexibility index (Phi) is 7.97. The van der Waals surface area contributed by atoms with E-state index in [1.165, 1.54) is 40.5 Å². The number of amides is 2. The van der Waals surface area contributed by atoms with Gasteiger partial charge < -0.3 is 5.73 Å². The Labute approximate surface area is 210 Å². The van der Waals surface area contributed by atoms with Crippen LogP contribution < -0.4 is 14.9 Å². The minimum Gasteiger partial charge on any atom is -0.366 e. The highest BCUT2D eigenvalue weighted by Gasteiger charge is 2.32. The van der Waals surface area contributed by atoms with Gasteiger partial charge in [0, 0.05) is 18.1 Å². The maximum atomic E-state index is 13.9. The van der Waals surface area contributed by atoms with Crippen LogP contribution in [0.25, 0.3) is 0 Å². The zero-order valence-electron chi connectivity index (χ0n) is 20.3. The summed E-state index contributed by atoms with van der Waals surface area (Å²) < 4.78 is 28.7. The monoisotopic (exact) mass is 514 g/mol. The van der Waals surface area contributed by atoms with Crippen LogP contribution in [0.3, 0.4) is 0 Å². The minimum absolute atomic E-state index is 0.00600. The molecule has 0 fully saturated rings. The number of rotatable bonds is 9. The van der Waals surface area contributed by atoms with Gasteiger partial charge in [0.2, 0.25) is 5.91 Å². The Balaban J connectivity index is 2.10. The van der Waals surface area contributed by atoms with Crippen LogP contribution in [0.1, 0.15) is 50.0 Å². The van der Waals surface area contributed by atoms with Crippen LogP contribution in [-0.4, -0.2) is 38.3 Å². The molecule has 1 heterocycles. The molecule has 10 heteroatoms. The molecule has 0 unspecified atom stereocenters. The number of nitrogens with two attached hydrogens (primary N) is 1. The number of sulfonamides is 1. The fraction of sp³-hybridized carbons (Fsp3) is 0.320. The number of primary amides is 1. The lowest BCUT2D eigenvalue weighted by atomic mass is 9.87. The van der Waals surface area contributed by atoms with Crippen molar-refractivity contribution in [3.8, 4) is 0 Å². The summed E-state index contributed by atoms with van der Waals surface area (Å²) in [5, 5.41) is 2.23. The SMILES string of the molecule is CCCN(C(=O)CN(c1ccccc1C(N)=O)S(=O)(=O)c1ccc(C(C)(C)C)cc1)c1nccs1. The molecule has 0 aliphatic carbocycles. The first-order chi connectivity index (χ1) is 16.5. The quantitative estimate of drug-likeness (QED) is 0.460. The number of carbonyl (C=O) groups excluding carboxylic acids is 2. The number of carbonyl (C=O) groups is 2. The Morgan fingerprint density at radius 2 is 1.71 bits per heavy atom. The van der Waals surface area contributed by atoms with Gasteiger partial charge in [-0.25, -0.2) is 13.4 Å². The van der Waals surface area contributed by atoms with Gasteiger partial charge in [0.25, 0.3) is 15.9 Å². The molecule has 0 aliphatic heterocycles. The fourth-order valence-corrected chi connectivity index (χ4v) is 5.68. The Bertz CT molecular complexity index is 1280. The minimum atomic E-state index is -4.22. The molecule has 3 aromatic rings. The lowest BCUT2D eigenvalue weighted by Gasteiger charge is -2.28. The average molecular weight is 515 g/mol. The van der Waals surface area contributed by atoms with Gasteiger partial charge in [-0.3, -0.25) is 18.8 Å². The first-order valence-corrected chi connectivity index (χ1v) is 13.5.